The van der Waals surface area contributed by atoms with Crippen LogP contribution in [0.2, 0.25) is 0 Å². The lowest BCUT2D eigenvalue weighted by Crippen LogP contribution is -1.74. The molecule has 0 amide bonds. The highest BCUT2D eigenvalue weighted by Crippen LogP contribution is 2.00. The van der Waals surface area contributed by atoms with E-state index in [1.165, 1.54) is 11.8 Å². The third-order valence-electron chi connectivity index (χ3n) is 1.31. The zero-order chi connectivity index (χ0) is 8.10. The van der Waals surface area contributed by atoms with Crippen molar-refractivity contribution in [3.05, 3.63) is 35.4 Å². The lowest BCUT2D eigenvalue weighted by atomic mass is 10.2. The minimum atomic E-state index is 0.846. The van der Waals surface area contributed by atoms with Crippen LogP contribution < -0.4 is 0 Å². The normalized spacial score (nSPS) is 8.09. The summed E-state index contributed by atoms with van der Waals surface area (Å²) in [5, 5.41) is 0. The van der Waals surface area contributed by atoms with Gasteiger partial charge in [-0.05, 0) is 6.92 Å². The first kappa shape index (κ1) is 7.56. The minimum Gasteiger partial charge on any atom is -0.409 e. The van der Waals surface area contributed by atoms with E-state index in [-0.39, 0.29) is 0 Å². The van der Waals surface area contributed by atoms with Gasteiger partial charge in [-0.25, -0.2) is 0 Å². The van der Waals surface area contributed by atoms with Crippen molar-refractivity contribution in [3.63, 3.8) is 0 Å². The van der Waals surface area contributed by atoms with Crippen LogP contribution in [0.25, 0.3) is 0 Å². The van der Waals surface area contributed by atoms with Gasteiger partial charge in [0.1, 0.15) is 0 Å². The summed E-state index contributed by atoms with van der Waals surface area (Å²) in [7, 11) is 0. The van der Waals surface area contributed by atoms with Crippen LogP contribution in [0.15, 0.2) is 24.3 Å². The molecule has 54 valence electrons. The Labute approximate surface area is 66.1 Å². The topological polar surface area (TPSA) is 17.1 Å². The molecule has 0 aromatic heterocycles. The lowest BCUT2D eigenvalue weighted by molar-refractivity contribution is 0.566. The Kier molecular flexibility index (Phi) is 2.46. The van der Waals surface area contributed by atoms with Crippen molar-refractivity contribution >= 4 is 6.29 Å². The Morgan fingerprint density at radius 3 is 2.45 bits per heavy atom. The highest BCUT2D eigenvalue weighted by atomic mass is 16.1. The van der Waals surface area contributed by atoms with Crippen molar-refractivity contribution in [1.29, 1.82) is 0 Å². The SMILES string of the molecule is Cc1ccc(C#C[C-]=O)cc1. The zero-order valence-electron chi connectivity index (χ0n) is 6.22. The first-order chi connectivity index (χ1) is 5.33. The van der Waals surface area contributed by atoms with E-state index in [4.69, 9.17) is 0 Å². The van der Waals surface area contributed by atoms with Crippen molar-refractivity contribution < 1.29 is 4.79 Å². The van der Waals surface area contributed by atoms with Crippen molar-refractivity contribution in [1.82, 2.24) is 0 Å². The summed E-state index contributed by atoms with van der Waals surface area (Å²) in [6.45, 7) is 2.00. The maximum Gasteiger partial charge on any atom is 0.0401 e. The van der Waals surface area contributed by atoms with Crippen LogP contribution in [0.5, 0.6) is 0 Å². The summed E-state index contributed by atoms with van der Waals surface area (Å²) in [4.78, 5) is 9.75. The first-order valence-corrected chi connectivity index (χ1v) is 3.28. The molecule has 0 N–H and O–H groups in total. The molecular formula is C10H7O-. The van der Waals surface area contributed by atoms with E-state index in [9.17, 15) is 4.79 Å². The van der Waals surface area contributed by atoms with Crippen molar-refractivity contribution in [2.24, 2.45) is 0 Å². The Morgan fingerprint density at radius 1 is 1.27 bits per heavy atom. The van der Waals surface area contributed by atoms with Gasteiger partial charge in [0.2, 0.25) is 0 Å². The molecule has 0 bridgehead atoms. The van der Waals surface area contributed by atoms with Crippen LogP contribution in [-0.4, -0.2) is 6.29 Å². The third-order valence-corrected chi connectivity index (χ3v) is 1.31. The summed E-state index contributed by atoms with van der Waals surface area (Å²) in [6, 6.07) is 7.66. The molecule has 1 aromatic rings. The Morgan fingerprint density at radius 2 is 1.91 bits per heavy atom. The number of aryl methyl sites for hydroxylation is 1. The first-order valence-electron chi connectivity index (χ1n) is 3.28. The van der Waals surface area contributed by atoms with E-state index < -0.39 is 0 Å². The lowest BCUT2D eigenvalue weighted by Gasteiger charge is -1.95. The second kappa shape index (κ2) is 3.58. The molecule has 0 atom stereocenters. The summed E-state index contributed by atoms with van der Waals surface area (Å²) in [6.07, 6.45) is 1.52. The van der Waals surface area contributed by atoms with Gasteiger partial charge in [0.05, 0.1) is 0 Å². The monoisotopic (exact) mass is 143 g/mol. The smallest absolute Gasteiger partial charge is 0.0401 e. The van der Waals surface area contributed by atoms with Gasteiger partial charge in [-0.2, -0.15) is 0 Å². The Bertz CT molecular complexity index is 298. The van der Waals surface area contributed by atoms with Gasteiger partial charge in [-0.3, -0.25) is 11.8 Å². The van der Waals surface area contributed by atoms with E-state index in [1.54, 1.807) is 0 Å². The van der Waals surface area contributed by atoms with E-state index in [2.05, 4.69) is 11.8 Å². The van der Waals surface area contributed by atoms with Gasteiger partial charge in [0.25, 0.3) is 0 Å². The molecule has 0 fully saturated rings. The molecule has 0 aliphatic carbocycles. The third kappa shape index (κ3) is 2.27. The Balaban J connectivity index is 2.90. The van der Waals surface area contributed by atoms with E-state index in [0.29, 0.717) is 0 Å². The Hall–Kier alpha value is -1.55. The van der Waals surface area contributed by atoms with Crippen LogP contribution in [0, 0.1) is 18.8 Å². The molecule has 0 aliphatic rings. The van der Waals surface area contributed by atoms with Gasteiger partial charge < -0.3 is 4.79 Å². The minimum absolute atomic E-state index is 0.846. The van der Waals surface area contributed by atoms with Gasteiger partial charge in [0, 0.05) is 6.29 Å². The maximum absolute atomic E-state index is 9.75. The van der Waals surface area contributed by atoms with E-state index in [1.807, 2.05) is 31.2 Å². The zero-order valence-corrected chi connectivity index (χ0v) is 6.22. The predicted octanol–water partition coefficient (Wildman–Crippen LogP) is 1.46. The van der Waals surface area contributed by atoms with Gasteiger partial charge >= 0.3 is 0 Å². The fraction of sp³-hybridized carbons (Fsp3) is 0.100. The second-order valence-electron chi connectivity index (χ2n) is 2.22. The van der Waals surface area contributed by atoms with Gasteiger partial charge in [-0.1, -0.05) is 35.4 Å². The van der Waals surface area contributed by atoms with Crippen molar-refractivity contribution in [3.8, 4) is 11.8 Å². The molecule has 1 heteroatoms. The summed E-state index contributed by atoms with van der Waals surface area (Å²) >= 11 is 0. The quantitative estimate of drug-likeness (QED) is 0.397. The fourth-order valence-electron chi connectivity index (χ4n) is 0.735. The van der Waals surface area contributed by atoms with Crippen LogP contribution in [0.4, 0.5) is 0 Å². The van der Waals surface area contributed by atoms with Gasteiger partial charge in [-0.15, -0.1) is 0 Å². The molecule has 0 heterocycles. The summed E-state index contributed by atoms with van der Waals surface area (Å²) < 4.78 is 0. The standard InChI is InChI=1S/C10H7O/c1-9-4-6-10(7-5-9)3-2-8-11/h4-7H,1H3/q-1. The summed E-state index contributed by atoms with van der Waals surface area (Å²) in [5.41, 5.74) is 2.03. The van der Waals surface area contributed by atoms with E-state index in [0.717, 1.165) is 5.56 Å². The number of rotatable bonds is 0. The molecular weight excluding hydrogens is 136 g/mol. The molecule has 0 saturated carbocycles. The predicted molar refractivity (Wildman–Crippen MR) is 43.8 cm³/mol. The van der Waals surface area contributed by atoms with Crippen LogP contribution in [0.1, 0.15) is 11.1 Å². The molecule has 11 heavy (non-hydrogen) atoms. The van der Waals surface area contributed by atoms with Crippen LogP contribution >= 0.6 is 0 Å². The number of hydrogen-bond acceptors (Lipinski definition) is 1. The molecule has 1 nitrogen and oxygen atoms in total. The molecule has 0 aliphatic heterocycles. The number of benzene rings is 1. The maximum atomic E-state index is 9.75. The highest BCUT2D eigenvalue weighted by Gasteiger charge is 1.79. The average Bonchev–Trinajstić information content (AvgIpc) is 2.04. The van der Waals surface area contributed by atoms with Crippen molar-refractivity contribution in [2.75, 3.05) is 0 Å². The average molecular weight is 143 g/mol. The second-order valence-corrected chi connectivity index (χ2v) is 2.22. The fourth-order valence-corrected chi connectivity index (χ4v) is 0.735. The number of hydrogen-bond donors (Lipinski definition) is 0. The largest absolute Gasteiger partial charge is 0.409 e. The van der Waals surface area contributed by atoms with Crippen LogP contribution in [-0.2, 0) is 4.79 Å². The summed E-state index contributed by atoms with van der Waals surface area (Å²) in [5.74, 6) is 4.88. The van der Waals surface area contributed by atoms with Crippen LogP contribution in [0.3, 0.4) is 0 Å². The van der Waals surface area contributed by atoms with Gasteiger partial charge in [0.15, 0.2) is 0 Å². The van der Waals surface area contributed by atoms with Crippen molar-refractivity contribution in [2.45, 2.75) is 6.92 Å². The molecule has 0 saturated heterocycles. The molecule has 1 aromatic carbocycles. The van der Waals surface area contributed by atoms with E-state index >= 15 is 0 Å². The molecule has 0 unspecified atom stereocenters. The molecule has 0 radical (unpaired) electrons. The molecule has 0 spiro atoms. The molecule has 1 rings (SSSR count). The highest BCUT2D eigenvalue weighted by molar-refractivity contribution is 5.74. The number of carbonyl (C=O) groups excluding carboxylic acids is 1.